The number of carboxylic acid groups (broad SMARTS) is 1. The summed E-state index contributed by atoms with van der Waals surface area (Å²) in [6.07, 6.45) is 3.71. The van der Waals surface area contributed by atoms with Gasteiger partial charge in [0.2, 0.25) is 0 Å². The van der Waals surface area contributed by atoms with Crippen molar-refractivity contribution in [3.63, 3.8) is 0 Å². The molecule has 65 valence electrons. The van der Waals surface area contributed by atoms with Crippen molar-refractivity contribution < 1.29 is 9.90 Å². The zero-order valence-electron chi connectivity index (χ0n) is 7.21. The first-order valence-corrected chi connectivity index (χ1v) is 3.95. The Kier molecular flexibility index (Phi) is 9.81. The average molecular weight is 175 g/mol. The highest BCUT2D eigenvalue weighted by Crippen LogP contribution is 2.11. The van der Waals surface area contributed by atoms with Gasteiger partial charge in [-0.3, -0.25) is 4.79 Å². The zero-order chi connectivity index (χ0) is 7.98. The van der Waals surface area contributed by atoms with Gasteiger partial charge >= 0.3 is 5.97 Å². The van der Waals surface area contributed by atoms with Crippen molar-refractivity contribution in [1.82, 2.24) is 0 Å². The first-order valence-electron chi connectivity index (χ1n) is 3.95. The molecule has 0 saturated heterocycles. The third-order valence-electron chi connectivity index (χ3n) is 1.75. The molecule has 0 aliphatic rings. The second-order valence-electron chi connectivity index (χ2n) is 2.59. The van der Waals surface area contributed by atoms with Crippen molar-refractivity contribution in [3.05, 3.63) is 0 Å². The molecular formula is C8H16O2P. The average Bonchev–Trinajstić information content (AvgIpc) is 1.89. The van der Waals surface area contributed by atoms with E-state index in [1.807, 2.05) is 6.92 Å². The highest BCUT2D eigenvalue weighted by Gasteiger charge is 2.12. The molecule has 1 unspecified atom stereocenters. The summed E-state index contributed by atoms with van der Waals surface area (Å²) in [5, 5.41) is 8.60. The van der Waals surface area contributed by atoms with Gasteiger partial charge in [-0.05, 0) is 12.8 Å². The standard InChI is InChI=1S/C8H16O2.P/c1-3-5-6-7(4-2)8(9)10;/h7H,3-6H2,1-2H3,(H,9,10);. The maximum atomic E-state index is 10.4. The van der Waals surface area contributed by atoms with Crippen LogP contribution in [0, 0.1) is 5.92 Å². The molecule has 0 rings (SSSR count). The van der Waals surface area contributed by atoms with Crippen LogP contribution in [0.1, 0.15) is 39.5 Å². The first kappa shape index (κ1) is 13.5. The summed E-state index contributed by atoms with van der Waals surface area (Å²) in [6.45, 7) is 4.00. The second-order valence-corrected chi connectivity index (χ2v) is 2.59. The summed E-state index contributed by atoms with van der Waals surface area (Å²) in [4.78, 5) is 10.4. The molecule has 0 aromatic carbocycles. The quantitative estimate of drug-likeness (QED) is 0.651. The Labute approximate surface area is 72.0 Å². The molecule has 0 heterocycles. The molecule has 0 aliphatic heterocycles. The molecule has 3 radical (unpaired) electrons. The summed E-state index contributed by atoms with van der Waals surface area (Å²) in [5.41, 5.74) is 0. The summed E-state index contributed by atoms with van der Waals surface area (Å²) >= 11 is 0. The van der Waals surface area contributed by atoms with Crippen molar-refractivity contribution >= 4 is 15.9 Å². The topological polar surface area (TPSA) is 37.3 Å². The van der Waals surface area contributed by atoms with E-state index in [0.717, 1.165) is 25.7 Å². The van der Waals surface area contributed by atoms with Crippen molar-refractivity contribution in [2.24, 2.45) is 5.92 Å². The Balaban J connectivity index is 0. The number of rotatable bonds is 5. The van der Waals surface area contributed by atoms with Gasteiger partial charge in [0.1, 0.15) is 0 Å². The van der Waals surface area contributed by atoms with Gasteiger partial charge in [0, 0.05) is 9.90 Å². The predicted molar refractivity (Wildman–Crippen MR) is 47.9 cm³/mol. The summed E-state index contributed by atoms with van der Waals surface area (Å²) in [5.74, 6) is -0.754. The fourth-order valence-corrected chi connectivity index (χ4v) is 0.953. The van der Waals surface area contributed by atoms with Crippen LogP contribution in [-0.4, -0.2) is 11.1 Å². The highest BCUT2D eigenvalue weighted by atomic mass is 31.0. The number of carboxylic acids is 1. The number of unbranched alkanes of at least 4 members (excludes halogenated alkanes) is 1. The van der Waals surface area contributed by atoms with Crippen molar-refractivity contribution in [2.75, 3.05) is 0 Å². The Morgan fingerprint density at radius 1 is 1.45 bits per heavy atom. The van der Waals surface area contributed by atoms with E-state index in [1.165, 1.54) is 0 Å². The molecule has 0 aromatic rings. The van der Waals surface area contributed by atoms with Crippen LogP contribution in [0.2, 0.25) is 0 Å². The van der Waals surface area contributed by atoms with Gasteiger partial charge in [-0.15, -0.1) is 0 Å². The van der Waals surface area contributed by atoms with Crippen LogP contribution in [0.15, 0.2) is 0 Å². The number of aliphatic carboxylic acids is 1. The molecule has 1 N–H and O–H groups in total. The number of carbonyl (C=O) groups is 1. The number of hydrogen-bond acceptors (Lipinski definition) is 1. The smallest absolute Gasteiger partial charge is 0.306 e. The maximum absolute atomic E-state index is 10.4. The zero-order valence-corrected chi connectivity index (χ0v) is 8.10. The van der Waals surface area contributed by atoms with Gasteiger partial charge in [0.25, 0.3) is 0 Å². The van der Waals surface area contributed by atoms with Crippen LogP contribution in [0.5, 0.6) is 0 Å². The van der Waals surface area contributed by atoms with Crippen LogP contribution < -0.4 is 0 Å². The van der Waals surface area contributed by atoms with E-state index in [2.05, 4.69) is 6.92 Å². The van der Waals surface area contributed by atoms with Crippen LogP contribution in [0.3, 0.4) is 0 Å². The van der Waals surface area contributed by atoms with Crippen LogP contribution in [-0.2, 0) is 4.79 Å². The van der Waals surface area contributed by atoms with E-state index in [9.17, 15) is 4.79 Å². The van der Waals surface area contributed by atoms with Gasteiger partial charge < -0.3 is 5.11 Å². The molecule has 0 fully saturated rings. The molecule has 1 atom stereocenters. The molecular weight excluding hydrogens is 159 g/mol. The molecule has 0 aliphatic carbocycles. The molecule has 0 bridgehead atoms. The van der Waals surface area contributed by atoms with Gasteiger partial charge in [-0.2, -0.15) is 0 Å². The Hall–Kier alpha value is -0.100. The highest BCUT2D eigenvalue weighted by molar-refractivity contribution is 6.92. The summed E-state index contributed by atoms with van der Waals surface area (Å²) in [6, 6.07) is 0. The van der Waals surface area contributed by atoms with Crippen molar-refractivity contribution in [3.8, 4) is 0 Å². The lowest BCUT2D eigenvalue weighted by molar-refractivity contribution is -0.142. The third-order valence-corrected chi connectivity index (χ3v) is 1.75. The lowest BCUT2D eigenvalue weighted by atomic mass is 10.00. The summed E-state index contributed by atoms with van der Waals surface area (Å²) in [7, 11) is 0. The van der Waals surface area contributed by atoms with E-state index in [-0.39, 0.29) is 15.8 Å². The molecule has 11 heavy (non-hydrogen) atoms. The molecule has 0 amide bonds. The maximum Gasteiger partial charge on any atom is 0.306 e. The van der Waals surface area contributed by atoms with Gasteiger partial charge in [-0.1, -0.05) is 26.7 Å². The van der Waals surface area contributed by atoms with Gasteiger partial charge in [0.05, 0.1) is 5.92 Å². The largest absolute Gasteiger partial charge is 0.481 e. The van der Waals surface area contributed by atoms with Gasteiger partial charge in [-0.25, -0.2) is 0 Å². The minimum Gasteiger partial charge on any atom is -0.481 e. The van der Waals surface area contributed by atoms with E-state index in [4.69, 9.17) is 5.11 Å². The lowest BCUT2D eigenvalue weighted by Gasteiger charge is -2.06. The minimum atomic E-state index is -0.643. The van der Waals surface area contributed by atoms with Gasteiger partial charge in [0.15, 0.2) is 0 Å². The van der Waals surface area contributed by atoms with Crippen LogP contribution in [0.25, 0.3) is 0 Å². The summed E-state index contributed by atoms with van der Waals surface area (Å²) < 4.78 is 0. The SMILES string of the molecule is CCCCC(CC)C(=O)O.[P]. The lowest BCUT2D eigenvalue weighted by Crippen LogP contribution is -2.11. The normalized spacial score (nSPS) is 11.8. The molecule has 0 spiro atoms. The monoisotopic (exact) mass is 175 g/mol. The van der Waals surface area contributed by atoms with Crippen molar-refractivity contribution in [1.29, 1.82) is 0 Å². The third kappa shape index (κ3) is 6.30. The van der Waals surface area contributed by atoms with Crippen LogP contribution >= 0.6 is 9.90 Å². The molecule has 2 nitrogen and oxygen atoms in total. The fraction of sp³-hybridized carbons (Fsp3) is 0.875. The van der Waals surface area contributed by atoms with E-state index < -0.39 is 5.97 Å². The minimum absolute atomic E-state index is 0. The molecule has 0 aromatic heterocycles. The second kappa shape index (κ2) is 8.00. The fourth-order valence-electron chi connectivity index (χ4n) is 0.953. The van der Waals surface area contributed by atoms with E-state index >= 15 is 0 Å². The van der Waals surface area contributed by atoms with E-state index in [0.29, 0.717) is 0 Å². The Morgan fingerprint density at radius 2 is 2.00 bits per heavy atom. The van der Waals surface area contributed by atoms with Crippen LogP contribution in [0.4, 0.5) is 0 Å². The number of hydrogen-bond donors (Lipinski definition) is 1. The predicted octanol–water partition coefficient (Wildman–Crippen LogP) is 3.15. The Morgan fingerprint density at radius 3 is 2.27 bits per heavy atom. The Bertz CT molecular complexity index is 104. The molecule has 3 heteroatoms. The molecule has 0 saturated carbocycles. The van der Waals surface area contributed by atoms with E-state index in [1.54, 1.807) is 0 Å². The first-order chi connectivity index (χ1) is 4.72. The van der Waals surface area contributed by atoms with Crippen molar-refractivity contribution in [2.45, 2.75) is 39.5 Å².